The lowest BCUT2D eigenvalue weighted by atomic mass is 10.1. The summed E-state index contributed by atoms with van der Waals surface area (Å²) >= 11 is 0. The van der Waals surface area contributed by atoms with Gasteiger partial charge in [0.25, 0.3) is 0 Å². The van der Waals surface area contributed by atoms with Crippen molar-refractivity contribution in [2.75, 3.05) is 0 Å². The molecule has 0 saturated carbocycles. The largest absolute Gasteiger partial charge is 0.270 e. The zero-order valence-electron chi connectivity index (χ0n) is 7.70. The van der Waals surface area contributed by atoms with Gasteiger partial charge >= 0.3 is 0 Å². The van der Waals surface area contributed by atoms with Gasteiger partial charge in [-0.1, -0.05) is 0 Å². The highest BCUT2D eigenvalue weighted by molar-refractivity contribution is 6.28. The maximum Gasteiger partial charge on any atom is 0.126 e. The minimum atomic E-state index is 0.284. The summed E-state index contributed by atoms with van der Waals surface area (Å²) in [5.41, 5.74) is 1.58. The quantitative estimate of drug-likeness (QED) is 0.429. The molecule has 0 radical (unpaired) electrons. The molecule has 0 aromatic carbocycles. The van der Waals surface area contributed by atoms with Crippen molar-refractivity contribution in [2.24, 2.45) is 0 Å². The van der Waals surface area contributed by atoms with Crippen molar-refractivity contribution in [2.45, 2.75) is 39.8 Å². The topological polar surface area (TPSA) is 8.81 Å². The Hall–Kier alpha value is -0.725. The van der Waals surface area contributed by atoms with Crippen molar-refractivity contribution in [1.29, 1.82) is 0 Å². The van der Waals surface area contributed by atoms with Crippen LogP contribution in [0.4, 0.5) is 0 Å². The molecule has 0 aliphatic carbocycles. The summed E-state index contributed by atoms with van der Waals surface area (Å²) < 4.78 is 4.81. The Labute approximate surface area is 75.6 Å². The first-order valence-electron chi connectivity index (χ1n) is 4.12. The van der Waals surface area contributed by atoms with E-state index in [4.69, 9.17) is 0 Å². The molecule has 2 nitrogen and oxygen atoms in total. The number of aromatic nitrogens is 2. The molecular weight excluding hydrogens is 147 g/mol. The minimum absolute atomic E-state index is 0.284. The van der Waals surface area contributed by atoms with Crippen LogP contribution in [0, 0.1) is 0 Å². The molecule has 0 spiro atoms. The Morgan fingerprint density at radius 1 is 1.33 bits per heavy atom. The monoisotopic (exact) mass is 166 g/mol. The van der Waals surface area contributed by atoms with Crippen molar-refractivity contribution >= 4 is 13.6 Å². The van der Waals surface area contributed by atoms with Crippen molar-refractivity contribution in [1.82, 2.24) is 4.57 Å². The van der Waals surface area contributed by atoms with Crippen molar-refractivity contribution in [3.05, 3.63) is 12.4 Å². The van der Waals surface area contributed by atoms with E-state index in [1.54, 1.807) is 5.72 Å². The third-order valence-electron chi connectivity index (χ3n) is 1.73. The Balaban J connectivity index is 3.04. The van der Waals surface area contributed by atoms with Gasteiger partial charge in [0.2, 0.25) is 0 Å². The fraction of sp³-hybridized carbons (Fsp3) is 0.667. The summed E-state index contributed by atoms with van der Waals surface area (Å²) in [6, 6.07) is 1.25. The molecule has 0 N–H and O–H groups in total. The number of hydrogen-bond acceptors (Lipinski definition) is 0. The Morgan fingerprint density at radius 2 is 1.92 bits per heavy atom. The van der Waals surface area contributed by atoms with Gasteiger partial charge in [0.05, 0.1) is 25.7 Å². The van der Waals surface area contributed by atoms with Crippen molar-refractivity contribution < 1.29 is 4.57 Å². The molecule has 0 aliphatic rings. The number of nitrogens with zero attached hydrogens (tertiary/aromatic N) is 2. The van der Waals surface area contributed by atoms with Crippen molar-refractivity contribution in [3.8, 4) is 0 Å². The molecule has 0 amide bonds. The van der Waals surface area contributed by atoms with E-state index in [9.17, 15) is 0 Å². The van der Waals surface area contributed by atoms with Gasteiger partial charge < -0.3 is 0 Å². The first kappa shape index (κ1) is 9.36. The summed E-state index contributed by atoms with van der Waals surface area (Å²) in [5.74, 6) is 0. The summed E-state index contributed by atoms with van der Waals surface area (Å²) in [6.07, 6.45) is 4.43. The second-order valence-corrected chi connectivity index (χ2v) is 3.40. The second-order valence-electron chi connectivity index (χ2n) is 3.40. The van der Waals surface area contributed by atoms with E-state index < -0.39 is 0 Å². The SMILES string of the molecule is [BH3-]c1n(C(C)C)cc[n+]1C(C)C. The van der Waals surface area contributed by atoms with E-state index in [0.717, 1.165) is 0 Å². The highest BCUT2D eigenvalue weighted by atomic mass is 15.2. The fourth-order valence-electron chi connectivity index (χ4n) is 0.919. The Kier molecular flexibility index (Phi) is 2.60. The third-order valence-corrected chi connectivity index (χ3v) is 1.73. The fourth-order valence-corrected chi connectivity index (χ4v) is 0.919. The molecule has 1 aromatic rings. The third kappa shape index (κ3) is 1.54. The van der Waals surface area contributed by atoms with Gasteiger partial charge in [-0.25, -0.2) is 0 Å². The molecule has 0 bridgehead atoms. The summed E-state index contributed by atoms with van der Waals surface area (Å²) in [5, 5.41) is 0. The summed E-state index contributed by atoms with van der Waals surface area (Å²) in [6.45, 7) is 8.98. The molecule has 1 rings (SSSR count). The van der Waals surface area contributed by atoms with Gasteiger partial charge in [0.1, 0.15) is 12.4 Å². The van der Waals surface area contributed by atoms with E-state index in [-0.39, 0.29) is 7.85 Å². The van der Waals surface area contributed by atoms with Gasteiger partial charge in [0, 0.05) is 0 Å². The summed E-state index contributed by atoms with van der Waals surface area (Å²) in [7, 11) is 0.284. The molecule has 12 heavy (non-hydrogen) atoms. The van der Waals surface area contributed by atoms with E-state index in [0.29, 0.717) is 12.1 Å². The highest BCUT2D eigenvalue weighted by Crippen LogP contribution is 1.99. The van der Waals surface area contributed by atoms with Crippen LogP contribution in [0.5, 0.6) is 0 Å². The predicted octanol–water partition coefficient (Wildman–Crippen LogP) is -0.0719. The van der Waals surface area contributed by atoms with Crippen LogP contribution in [0.2, 0.25) is 0 Å². The molecule has 0 unspecified atom stereocenters. The second kappa shape index (κ2) is 3.34. The van der Waals surface area contributed by atoms with E-state index in [1.807, 2.05) is 0 Å². The maximum atomic E-state index is 2.40. The Morgan fingerprint density at radius 3 is 2.17 bits per heavy atom. The Bertz CT molecular complexity index is 238. The van der Waals surface area contributed by atoms with Gasteiger partial charge in [-0.05, 0) is 27.7 Å². The van der Waals surface area contributed by atoms with Gasteiger partial charge in [0.15, 0.2) is 0 Å². The van der Waals surface area contributed by atoms with Crippen LogP contribution in [-0.4, -0.2) is 12.4 Å². The summed E-state index contributed by atoms with van der Waals surface area (Å²) in [4.78, 5) is 0. The lowest BCUT2D eigenvalue weighted by molar-refractivity contribution is -0.698. The average molecular weight is 166 g/mol. The van der Waals surface area contributed by atoms with Gasteiger partial charge in [-0.3, -0.25) is 9.13 Å². The highest BCUT2D eigenvalue weighted by Gasteiger charge is 2.11. The molecule has 0 atom stereocenters. The van der Waals surface area contributed by atoms with Crippen LogP contribution >= 0.6 is 0 Å². The van der Waals surface area contributed by atoms with Crippen molar-refractivity contribution in [3.63, 3.8) is 0 Å². The molecule has 0 saturated heterocycles. The zero-order chi connectivity index (χ0) is 9.30. The standard InChI is InChI=1S/C9H19BN2/c1-7(2)11-5-6-12(8(3)4)9(11)10/h5-8H,1-4,10H3. The number of rotatable bonds is 2. The molecule has 1 heterocycles. The molecule has 1 aromatic heterocycles. The molecule has 0 aliphatic heterocycles. The lowest BCUT2D eigenvalue weighted by Gasteiger charge is -2.09. The van der Waals surface area contributed by atoms with Crippen LogP contribution in [-0.2, 0) is 0 Å². The first-order valence-corrected chi connectivity index (χ1v) is 4.12. The predicted molar refractivity (Wildman–Crippen MR) is 55.0 cm³/mol. The number of hydrogen-bond donors (Lipinski definition) is 0. The maximum absolute atomic E-state index is 2.40. The molecular formula is C9H19BN2. The van der Waals surface area contributed by atoms with Crippen LogP contribution in [0.1, 0.15) is 39.8 Å². The minimum Gasteiger partial charge on any atom is -0.270 e. The smallest absolute Gasteiger partial charge is 0.126 e. The van der Waals surface area contributed by atoms with Crippen LogP contribution < -0.4 is 10.3 Å². The average Bonchev–Trinajstić information content (AvgIpc) is 2.30. The van der Waals surface area contributed by atoms with E-state index in [2.05, 4.69) is 49.2 Å². The van der Waals surface area contributed by atoms with E-state index >= 15 is 0 Å². The van der Waals surface area contributed by atoms with E-state index in [1.165, 1.54) is 0 Å². The van der Waals surface area contributed by atoms with Crippen LogP contribution in [0.25, 0.3) is 0 Å². The van der Waals surface area contributed by atoms with Gasteiger partial charge in [-0.2, -0.15) is 0 Å². The van der Waals surface area contributed by atoms with Gasteiger partial charge in [-0.15, -0.1) is 0 Å². The van der Waals surface area contributed by atoms with Crippen LogP contribution in [0.15, 0.2) is 12.4 Å². The zero-order valence-corrected chi connectivity index (χ0v) is 7.70. The lowest BCUT2D eigenvalue weighted by Crippen LogP contribution is -2.51. The molecule has 3 heteroatoms. The normalized spacial score (nSPS) is 11.6. The van der Waals surface area contributed by atoms with Crippen LogP contribution in [0.3, 0.4) is 0 Å². The molecule has 0 fully saturated rings. The first-order chi connectivity index (χ1) is 5.54. The number of imidazole rings is 1. The molecule has 68 valence electrons.